The second kappa shape index (κ2) is 11.3. The van der Waals surface area contributed by atoms with E-state index in [0.29, 0.717) is 42.9 Å². The molecule has 4 aromatic rings. The molecule has 0 bridgehead atoms. The molecule has 1 amide bonds. The Bertz CT molecular complexity index is 1610. The minimum atomic E-state index is -0.762. The van der Waals surface area contributed by atoms with Crippen molar-refractivity contribution >= 4 is 17.4 Å². The monoisotopic (exact) mass is 545 g/mol. The van der Waals surface area contributed by atoms with Crippen LogP contribution in [0.2, 0.25) is 0 Å². The van der Waals surface area contributed by atoms with Gasteiger partial charge in [0, 0.05) is 18.5 Å². The number of carbonyl (C=O) groups excluding carboxylic acids is 2. The lowest BCUT2D eigenvalue weighted by atomic mass is 9.94. The summed E-state index contributed by atoms with van der Waals surface area (Å²) in [4.78, 5) is 28.6. The number of Topliss-reactive ketones (excluding diaryl/α,β-unsaturated/α-hetero) is 1. The van der Waals surface area contributed by atoms with Crippen molar-refractivity contribution in [1.82, 2.24) is 4.90 Å². The third-order valence-corrected chi connectivity index (χ3v) is 7.62. The van der Waals surface area contributed by atoms with Gasteiger partial charge in [0.15, 0.2) is 0 Å². The molecule has 0 saturated carbocycles. The minimum absolute atomic E-state index is 0.0459. The fraction of sp³-hybridized carbons (Fsp3) is 0.200. The second-order valence-corrected chi connectivity index (χ2v) is 10.5. The Morgan fingerprint density at radius 1 is 0.902 bits per heavy atom. The summed E-state index contributed by atoms with van der Waals surface area (Å²) >= 11 is 0. The zero-order chi connectivity index (χ0) is 28.3. The number of aliphatic hydroxyl groups is 1. The predicted octanol–water partition coefficient (Wildman–Crippen LogP) is 6.25. The molecule has 6 rings (SSSR count). The van der Waals surface area contributed by atoms with Crippen molar-refractivity contribution in [1.29, 1.82) is 0 Å². The Balaban J connectivity index is 1.38. The van der Waals surface area contributed by atoms with Gasteiger partial charge in [-0.1, -0.05) is 72.8 Å². The van der Waals surface area contributed by atoms with E-state index < -0.39 is 17.7 Å². The second-order valence-electron chi connectivity index (χ2n) is 10.5. The van der Waals surface area contributed by atoms with Gasteiger partial charge in [0.2, 0.25) is 0 Å². The molecule has 2 atom stereocenters. The van der Waals surface area contributed by atoms with Crippen LogP contribution in [-0.4, -0.2) is 34.3 Å². The highest BCUT2D eigenvalue weighted by molar-refractivity contribution is 6.46. The van der Waals surface area contributed by atoms with Crippen molar-refractivity contribution in [2.45, 2.75) is 38.5 Å². The molecule has 2 aliphatic rings. The molecule has 41 heavy (non-hydrogen) atoms. The zero-order valence-electron chi connectivity index (χ0n) is 22.8. The number of likely N-dealkylation sites (tertiary alicyclic amines) is 1. The lowest BCUT2D eigenvalue weighted by molar-refractivity contribution is -0.139. The van der Waals surface area contributed by atoms with Crippen LogP contribution in [0.3, 0.4) is 0 Å². The Kier molecular flexibility index (Phi) is 7.30. The van der Waals surface area contributed by atoms with Gasteiger partial charge < -0.3 is 19.5 Å². The van der Waals surface area contributed by atoms with Crippen molar-refractivity contribution < 1.29 is 24.2 Å². The summed E-state index contributed by atoms with van der Waals surface area (Å²) in [6.45, 7) is 2.69. The van der Waals surface area contributed by atoms with E-state index in [4.69, 9.17) is 9.47 Å². The minimum Gasteiger partial charge on any atom is -0.507 e. The number of amides is 1. The molecular weight excluding hydrogens is 514 g/mol. The summed E-state index contributed by atoms with van der Waals surface area (Å²) in [5.41, 5.74) is 4.32. The van der Waals surface area contributed by atoms with Crippen LogP contribution in [0.4, 0.5) is 0 Å². The first-order valence-corrected chi connectivity index (χ1v) is 13.9. The highest BCUT2D eigenvalue weighted by Crippen LogP contribution is 2.41. The highest BCUT2D eigenvalue weighted by Gasteiger charge is 2.46. The van der Waals surface area contributed by atoms with Gasteiger partial charge in [-0.15, -0.1) is 0 Å². The largest absolute Gasteiger partial charge is 0.507 e. The van der Waals surface area contributed by atoms with Gasteiger partial charge in [0.05, 0.1) is 11.6 Å². The fourth-order valence-corrected chi connectivity index (χ4v) is 5.59. The first-order valence-electron chi connectivity index (χ1n) is 13.9. The number of fused-ring (bicyclic) bond motifs is 1. The first-order chi connectivity index (χ1) is 20.0. The molecule has 0 radical (unpaired) electrons. The third-order valence-electron chi connectivity index (χ3n) is 7.62. The van der Waals surface area contributed by atoms with Gasteiger partial charge in [-0.2, -0.15) is 0 Å². The van der Waals surface area contributed by atoms with E-state index in [-0.39, 0.29) is 17.4 Å². The molecule has 6 nitrogen and oxygen atoms in total. The molecule has 6 heteroatoms. The van der Waals surface area contributed by atoms with Crippen molar-refractivity contribution in [3.05, 3.63) is 137 Å². The molecule has 1 saturated heterocycles. The Morgan fingerprint density at radius 2 is 1.63 bits per heavy atom. The third kappa shape index (κ3) is 5.46. The van der Waals surface area contributed by atoms with Crippen molar-refractivity contribution in [3.63, 3.8) is 0 Å². The molecule has 0 spiro atoms. The van der Waals surface area contributed by atoms with Crippen molar-refractivity contribution in [2.24, 2.45) is 0 Å². The molecule has 206 valence electrons. The molecule has 2 aliphatic heterocycles. The van der Waals surface area contributed by atoms with Crippen molar-refractivity contribution in [2.75, 3.05) is 6.54 Å². The number of hydrogen-bond donors (Lipinski definition) is 1. The Hall–Kier alpha value is -4.84. The quantitative estimate of drug-likeness (QED) is 0.161. The number of benzene rings is 4. The van der Waals surface area contributed by atoms with E-state index in [1.165, 1.54) is 0 Å². The SMILES string of the molecule is CC1Cc2cc(/C(O)=C3\C(=O)C(=O)N(CCc4ccccc4)C3c3cccc(OCc4ccccc4)c3)ccc2O1. The summed E-state index contributed by atoms with van der Waals surface area (Å²) in [5, 5.41) is 11.6. The molecule has 0 aliphatic carbocycles. The van der Waals surface area contributed by atoms with E-state index in [0.717, 1.165) is 22.4 Å². The Labute approximate surface area is 239 Å². The van der Waals surface area contributed by atoms with Crippen LogP contribution < -0.4 is 9.47 Å². The fourth-order valence-electron chi connectivity index (χ4n) is 5.59. The summed E-state index contributed by atoms with van der Waals surface area (Å²) in [6, 6.07) is 31.7. The number of ether oxygens (including phenoxy) is 2. The van der Waals surface area contributed by atoms with Crippen LogP contribution in [0.5, 0.6) is 11.5 Å². The van der Waals surface area contributed by atoms with E-state index >= 15 is 0 Å². The molecule has 2 unspecified atom stereocenters. The standard InChI is InChI=1S/C35H31NO5/c1-23-19-28-20-27(15-16-30(28)41-23)33(37)31-32(36(35(39)34(31)38)18-17-24-9-4-2-5-10-24)26-13-8-14-29(21-26)40-22-25-11-6-3-7-12-25/h2-16,20-21,23,32,37H,17-19,22H2,1H3/b33-31+. The average molecular weight is 546 g/mol. The van der Waals surface area contributed by atoms with E-state index in [2.05, 4.69) is 0 Å². The van der Waals surface area contributed by atoms with Gasteiger partial charge in [-0.25, -0.2) is 0 Å². The number of hydrogen-bond acceptors (Lipinski definition) is 5. The smallest absolute Gasteiger partial charge is 0.295 e. The zero-order valence-corrected chi connectivity index (χ0v) is 22.8. The van der Waals surface area contributed by atoms with Crippen LogP contribution in [-0.2, 0) is 29.0 Å². The normalized spacial score (nSPS) is 19.2. The Morgan fingerprint density at radius 3 is 2.39 bits per heavy atom. The number of rotatable bonds is 8. The average Bonchev–Trinajstić information content (AvgIpc) is 3.50. The van der Waals surface area contributed by atoms with Crippen LogP contribution >= 0.6 is 0 Å². The van der Waals surface area contributed by atoms with Crippen LogP contribution in [0.15, 0.2) is 109 Å². The summed E-state index contributed by atoms with van der Waals surface area (Å²) in [6.07, 6.45) is 1.33. The van der Waals surface area contributed by atoms with Crippen LogP contribution in [0, 0.1) is 0 Å². The molecule has 2 heterocycles. The molecule has 1 N–H and O–H groups in total. The summed E-state index contributed by atoms with van der Waals surface area (Å²) in [7, 11) is 0. The van der Waals surface area contributed by atoms with Crippen molar-refractivity contribution in [3.8, 4) is 11.5 Å². The predicted molar refractivity (Wildman–Crippen MR) is 157 cm³/mol. The van der Waals surface area contributed by atoms with Gasteiger partial charge in [0.25, 0.3) is 11.7 Å². The maximum atomic E-state index is 13.5. The van der Waals surface area contributed by atoms with Gasteiger partial charge in [-0.3, -0.25) is 9.59 Å². The number of carbonyl (C=O) groups is 2. The number of ketones is 1. The molecular formula is C35H31NO5. The van der Waals surface area contributed by atoms with Crippen LogP contribution in [0.25, 0.3) is 5.76 Å². The summed E-state index contributed by atoms with van der Waals surface area (Å²) < 4.78 is 11.9. The topological polar surface area (TPSA) is 76.1 Å². The lowest BCUT2D eigenvalue weighted by Gasteiger charge is -2.26. The van der Waals surface area contributed by atoms with Crippen LogP contribution in [0.1, 0.15) is 40.8 Å². The molecule has 4 aromatic carbocycles. The van der Waals surface area contributed by atoms with Gasteiger partial charge >= 0.3 is 0 Å². The first kappa shape index (κ1) is 26.4. The number of nitrogens with zero attached hydrogens (tertiary/aromatic N) is 1. The maximum Gasteiger partial charge on any atom is 0.295 e. The van der Waals surface area contributed by atoms with Gasteiger partial charge in [0.1, 0.15) is 30.0 Å². The van der Waals surface area contributed by atoms with E-state index in [9.17, 15) is 14.7 Å². The molecule has 1 fully saturated rings. The highest BCUT2D eigenvalue weighted by atomic mass is 16.5. The van der Waals surface area contributed by atoms with E-state index in [1.807, 2.05) is 104 Å². The maximum absolute atomic E-state index is 13.5. The number of aliphatic hydroxyl groups excluding tert-OH is 1. The molecule has 0 aromatic heterocycles. The summed E-state index contributed by atoms with van der Waals surface area (Å²) in [5.74, 6) is -0.114. The lowest BCUT2D eigenvalue weighted by Crippen LogP contribution is -2.31. The van der Waals surface area contributed by atoms with E-state index in [1.54, 1.807) is 11.0 Å². The van der Waals surface area contributed by atoms with Gasteiger partial charge in [-0.05, 0) is 65.9 Å².